The second-order valence-corrected chi connectivity index (χ2v) is 5.33. The second kappa shape index (κ2) is 6.44. The van der Waals surface area contributed by atoms with Gasteiger partial charge in [-0.15, -0.1) is 10.2 Å². The number of H-pyrrole nitrogens is 1. The molecule has 0 aliphatic heterocycles. The molecule has 3 rings (SSSR count). The summed E-state index contributed by atoms with van der Waals surface area (Å²) in [6.07, 6.45) is 1.84. The number of rotatable bonds is 5. The maximum absolute atomic E-state index is 4.45. The number of aromatic amines is 1. The monoisotopic (exact) mass is 294 g/mol. The Labute approximate surface area is 129 Å². The van der Waals surface area contributed by atoms with Crippen LogP contribution in [0, 0.1) is 6.92 Å². The van der Waals surface area contributed by atoms with Crippen LogP contribution in [-0.2, 0) is 13.1 Å². The van der Waals surface area contributed by atoms with Gasteiger partial charge >= 0.3 is 0 Å². The molecule has 3 aromatic rings. The van der Waals surface area contributed by atoms with Gasteiger partial charge in [0.15, 0.2) is 0 Å². The average Bonchev–Trinajstić information content (AvgIpc) is 3.04. The zero-order valence-electron chi connectivity index (χ0n) is 12.7. The second-order valence-electron chi connectivity index (χ2n) is 5.33. The van der Waals surface area contributed by atoms with E-state index in [0.29, 0.717) is 5.82 Å². The van der Waals surface area contributed by atoms with Crippen molar-refractivity contribution in [2.75, 3.05) is 7.05 Å². The molecule has 0 atom stereocenters. The van der Waals surface area contributed by atoms with Crippen LogP contribution >= 0.6 is 0 Å². The largest absolute Gasteiger partial charge is 0.296 e. The molecule has 1 N–H and O–H groups in total. The smallest absolute Gasteiger partial charge is 0.204 e. The molecule has 0 saturated carbocycles. The highest BCUT2D eigenvalue weighted by Gasteiger charge is 2.11. The Bertz CT molecular complexity index is 738. The van der Waals surface area contributed by atoms with Crippen molar-refractivity contribution >= 4 is 0 Å². The van der Waals surface area contributed by atoms with Gasteiger partial charge < -0.3 is 0 Å². The molecular weight excluding hydrogens is 276 g/mol. The lowest BCUT2D eigenvalue weighted by Gasteiger charge is -2.18. The van der Waals surface area contributed by atoms with Crippen molar-refractivity contribution in [1.29, 1.82) is 0 Å². The number of aryl methyl sites for hydroxylation is 1. The van der Waals surface area contributed by atoms with E-state index in [9.17, 15) is 0 Å². The summed E-state index contributed by atoms with van der Waals surface area (Å²) in [4.78, 5) is 6.68. The lowest BCUT2D eigenvalue weighted by atomic mass is 10.1. The van der Waals surface area contributed by atoms with Crippen LogP contribution in [-0.4, -0.2) is 37.6 Å². The molecule has 0 bridgehead atoms. The molecule has 0 aliphatic carbocycles. The molecule has 0 fully saturated rings. The fourth-order valence-electron chi connectivity index (χ4n) is 2.44. The van der Waals surface area contributed by atoms with Gasteiger partial charge in [-0.2, -0.15) is 5.21 Å². The number of hydrogen-bond donors (Lipinski definition) is 1. The highest BCUT2D eigenvalue weighted by molar-refractivity contribution is 5.59. The van der Waals surface area contributed by atoms with Crippen LogP contribution in [0.5, 0.6) is 0 Å². The molecule has 0 amide bonds. The predicted molar refractivity (Wildman–Crippen MR) is 83.8 cm³/mol. The molecule has 6 nitrogen and oxygen atoms in total. The minimum atomic E-state index is 0.623. The number of nitrogens with zero attached hydrogens (tertiary/aromatic N) is 5. The van der Waals surface area contributed by atoms with Crippen molar-refractivity contribution < 1.29 is 0 Å². The van der Waals surface area contributed by atoms with Gasteiger partial charge in [-0.3, -0.25) is 9.88 Å². The van der Waals surface area contributed by atoms with Crippen LogP contribution in [0.15, 0.2) is 42.6 Å². The summed E-state index contributed by atoms with van der Waals surface area (Å²) < 4.78 is 0. The normalized spacial score (nSPS) is 11.0. The molecule has 112 valence electrons. The Morgan fingerprint density at radius 1 is 1.09 bits per heavy atom. The fraction of sp³-hybridized carbons (Fsp3) is 0.250. The standard InChI is InChI=1S/C16H18N6/c1-12-6-5-9-17-15(12)11-22(2)10-13-7-3-4-8-14(13)16-18-20-21-19-16/h3-9H,10-11H2,1-2H3,(H,18,19,20,21). The number of pyridine rings is 1. The van der Waals surface area contributed by atoms with Crippen molar-refractivity contribution in [2.24, 2.45) is 0 Å². The highest BCUT2D eigenvalue weighted by Crippen LogP contribution is 2.20. The molecular formula is C16H18N6. The number of hydrogen-bond acceptors (Lipinski definition) is 5. The Balaban J connectivity index is 1.78. The summed E-state index contributed by atoms with van der Waals surface area (Å²) in [7, 11) is 2.08. The minimum absolute atomic E-state index is 0.623. The van der Waals surface area contributed by atoms with Crippen molar-refractivity contribution in [1.82, 2.24) is 30.5 Å². The predicted octanol–water partition coefficient (Wildman–Crippen LogP) is 2.20. The molecule has 6 heteroatoms. The van der Waals surface area contributed by atoms with Gasteiger partial charge in [0.25, 0.3) is 0 Å². The van der Waals surface area contributed by atoms with Gasteiger partial charge in [0.2, 0.25) is 5.82 Å². The number of aromatic nitrogens is 5. The molecule has 2 aromatic heterocycles. The minimum Gasteiger partial charge on any atom is -0.296 e. The van der Waals surface area contributed by atoms with E-state index in [1.807, 2.05) is 30.5 Å². The van der Waals surface area contributed by atoms with E-state index >= 15 is 0 Å². The topological polar surface area (TPSA) is 70.6 Å². The van der Waals surface area contributed by atoms with Crippen molar-refractivity contribution in [2.45, 2.75) is 20.0 Å². The van der Waals surface area contributed by atoms with Gasteiger partial charge in [0.05, 0.1) is 5.69 Å². The quantitative estimate of drug-likeness (QED) is 0.781. The van der Waals surface area contributed by atoms with Gasteiger partial charge in [-0.25, -0.2) is 0 Å². The Morgan fingerprint density at radius 2 is 1.95 bits per heavy atom. The van der Waals surface area contributed by atoms with Crippen molar-refractivity contribution in [3.63, 3.8) is 0 Å². The van der Waals surface area contributed by atoms with Gasteiger partial charge in [-0.1, -0.05) is 30.3 Å². The number of nitrogens with one attached hydrogen (secondary N) is 1. The van der Waals surface area contributed by atoms with Crippen LogP contribution in [0.1, 0.15) is 16.8 Å². The Kier molecular flexibility index (Phi) is 4.20. The summed E-state index contributed by atoms with van der Waals surface area (Å²) in [5.74, 6) is 0.623. The van der Waals surface area contributed by atoms with E-state index in [2.05, 4.69) is 56.6 Å². The van der Waals surface area contributed by atoms with Crippen LogP contribution < -0.4 is 0 Å². The summed E-state index contributed by atoms with van der Waals surface area (Å²) >= 11 is 0. The fourth-order valence-corrected chi connectivity index (χ4v) is 2.44. The first-order valence-corrected chi connectivity index (χ1v) is 7.15. The molecule has 0 saturated heterocycles. The molecule has 0 spiro atoms. The SMILES string of the molecule is Cc1cccnc1CN(C)Cc1ccccc1-c1nn[nH]n1. The van der Waals surface area contributed by atoms with E-state index < -0.39 is 0 Å². The molecule has 0 radical (unpaired) electrons. The van der Waals surface area contributed by atoms with Gasteiger partial charge in [0, 0.05) is 24.8 Å². The van der Waals surface area contributed by atoms with Crippen molar-refractivity contribution in [3.8, 4) is 11.4 Å². The maximum atomic E-state index is 4.45. The molecule has 1 aromatic carbocycles. The maximum Gasteiger partial charge on any atom is 0.204 e. The molecule has 22 heavy (non-hydrogen) atoms. The van der Waals surface area contributed by atoms with Crippen LogP contribution in [0.25, 0.3) is 11.4 Å². The first kappa shape index (κ1) is 14.3. The summed E-state index contributed by atoms with van der Waals surface area (Å²) in [5, 5.41) is 14.3. The lowest BCUT2D eigenvalue weighted by molar-refractivity contribution is 0.314. The molecule has 0 aliphatic rings. The first-order chi connectivity index (χ1) is 10.7. The van der Waals surface area contributed by atoms with E-state index in [4.69, 9.17) is 0 Å². The Morgan fingerprint density at radius 3 is 2.73 bits per heavy atom. The average molecular weight is 294 g/mol. The third-order valence-corrected chi connectivity index (χ3v) is 3.58. The summed E-state index contributed by atoms with van der Waals surface area (Å²) in [6, 6.07) is 12.2. The van der Waals surface area contributed by atoms with Gasteiger partial charge in [-0.05, 0) is 36.4 Å². The zero-order valence-corrected chi connectivity index (χ0v) is 12.7. The van der Waals surface area contributed by atoms with Crippen LogP contribution in [0.2, 0.25) is 0 Å². The van der Waals surface area contributed by atoms with Crippen LogP contribution in [0.3, 0.4) is 0 Å². The Hall–Kier alpha value is -2.60. The first-order valence-electron chi connectivity index (χ1n) is 7.15. The van der Waals surface area contributed by atoms with E-state index in [1.165, 1.54) is 11.1 Å². The van der Waals surface area contributed by atoms with Crippen LogP contribution in [0.4, 0.5) is 0 Å². The molecule has 2 heterocycles. The molecule has 0 unspecified atom stereocenters. The van der Waals surface area contributed by atoms with E-state index in [1.54, 1.807) is 0 Å². The summed E-state index contributed by atoms with van der Waals surface area (Å²) in [5.41, 5.74) is 4.48. The van der Waals surface area contributed by atoms with Crippen molar-refractivity contribution in [3.05, 3.63) is 59.4 Å². The summed E-state index contributed by atoms with van der Waals surface area (Å²) in [6.45, 7) is 3.68. The third kappa shape index (κ3) is 3.17. The number of benzene rings is 1. The zero-order chi connectivity index (χ0) is 15.4. The number of tetrazole rings is 1. The van der Waals surface area contributed by atoms with Gasteiger partial charge in [0.1, 0.15) is 0 Å². The third-order valence-electron chi connectivity index (χ3n) is 3.58. The van der Waals surface area contributed by atoms with E-state index in [-0.39, 0.29) is 0 Å². The van der Waals surface area contributed by atoms with E-state index in [0.717, 1.165) is 24.3 Å². The lowest BCUT2D eigenvalue weighted by Crippen LogP contribution is -2.19. The highest BCUT2D eigenvalue weighted by atomic mass is 15.5.